The van der Waals surface area contributed by atoms with Crippen LogP contribution in [0.1, 0.15) is 13.3 Å². The normalized spacial score (nSPS) is 27.1. The number of hydrogen-bond donors (Lipinski definition) is 1. The lowest BCUT2D eigenvalue weighted by Gasteiger charge is -2.36. The Morgan fingerprint density at radius 2 is 2.23 bits per heavy atom. The Hall–Kier alpha value is -0.870. The zero-order valence-electron chi connectivity index (χ0n) is 7.81. The Kier molecular flexibility index (Phi) is 2.73. The van der Waals surface area contributed by atoms with Crippen LogP contribution in [0, 0.1) is 5.92 Å². The molecule has 3 nitrogen and oxygen atoms in total. The van der Waals surface area contributed by atoms with Crippen molar-refractivity contribution in [3.63, 3.8) is 0 Å². The van der Waals surface area contributed by atoms with Gasteiger partial charge < -0.3 is 10.2 Å². The number of urea groups is 1. The number of hydrogen-bond acceptors (Lipinski definition) is 1. The van der Waals surface area contributed by atoms with Crippen LogP contribution in [-0.4, -0.2) is 37.0 Å². The van der Waals surface area contributed by atoms with E-state index in [4.69, 9.17) is 0 Å². The summed E-state index contributed by atoms with van der Waals surface area (Å²) in [5.41, 5.74) is 0. The number of carbonyl (C=O) groups excluding carboxylic acids is 1. The van der Waals surface area contributed by atoms with Gasteiger partial charge in [-0.15, -0.1) is 0 Å². The van der Waals surface area contributed by atoms with Crippen LogP contribution in [0.2, 0.25) is 0 Å². The van der Waals surface area contributed by atoms with Gasteiger partial charge in [-0.05, 0) is 6.42 Å². The SMILES string of the molecule is CNC(=O)N1CCC(C)C(F)(F)C1. The maximum absolute atomic E-state index is 13.1. The predicted octanol–water partition coefficient (Wildman–Crippen LogP) is 1.30. The minimum Gasteiger partial charge on any atom is -0.341 e. The van der Waals surface area contributed by atoms with Crippen molar-refractivity contribution in [1.82, 2.24) is 10.2 Å². The largest absolute Gasteiger partial charge is 0.341 e. The zero-order chi connectivity index (χ0) is 10.1. The molecule has 0 saturated carbocycles. The summed E-state index contributed by atoms with van der Waals surface area (Å²) in [7, 11) is 1.44. The summed E-state index contributed by atoms with van der Waals surface area (Å²) in [6.45, 7) is 1.46. The first-order chi connectivity index (χ1) is 5.97. The van der Waals surface area contributed by atoms with Crippen molar-refractivity contribution in [2.75, 3.05) is 20.1 Å². The molecular formula is C8H14F2N2O. The van der Waals surface area contributed by atoms with E-state index in [2.05, 4.69) is 5.32 Å². The van der Waals surface area contributed by atoms with E-state index >= 15 is 0 Å². The fraction of sp³-hybridized carbons (Fsp3) is 0.875. The molecule has 1 rings (SSSR count). The highest BCUT2D eigenvalue weighted by molar-refractivity contribution is 5.73. The van der Waals surface area contributed by atoms with E-state index < -0.39 is 24.4 Å². The first kappa shape index (κ1) is 10.2. The molecule has 1 atom stereocenters. The molecular weight excluding hydrogens is 178 g/mol. The second-order valence-electron chi connectivity index (χ2n) is 3.43. The van der Waals surface area contributed by atoms with Crippen LogP contribution in [0.25, 0.3) is 0 Å². The topological polar surface area (TPSA) is 32.3 Å². The quantitative estimate of drug-likeness (QED) is 0.616. The first-order valence-electron chi connectivity index (χ1n) is 4.32. The second-order valence-corrected chi connectivity index (χ2v) is 3.43. The van der Waals surface area contributed by atoms with Crippen LogP contribution in [-0.2, 0) is 0 Å². The summed E-state index contributed by atoms with van der Waals surface area (Å²) in [5, 5.41) is 2.34. The Balaban J connectivity index is 2.60. The Labute approximate surface area is 76.1 Å². The highest BCUT2D eigenvalue weighted by Crippen LogP contribution is 2.32. The molecule has 1 saturated heterocycles. The summed E-state index contributed by atoms with van der Waals surface area (Å²) in [6, 6.07) is -0.424. The van der Waals surface area contributed by atoms with E-state index in [1.807, 2.05) is 0 Å². The molecule has 13 heavy (non-hydrogen) atoms. The van der Waals surface area contributed by atoms with Crippen molar-refractivity contribution in [1.29, 1.82) is 0 Å². The second kappa shape index (κ2) is 3.47. The molecule has 1 heterocycles. The van der Waals surface area contributed by atoms with Gasteiger partial charge in [-0.3, -0.25) is 0 Å². The molecule has 0 radical (unpaired) electrons. The first-order valence-corrected chi connectivity index (χ1v) is 4.32. The van der Waals surface area contributed by atoms with Crippen LogP contribution in [0.5, 0.6) is 0 Å². The molecule has 1 aliphatic rings. The Bertz CT molecular complexity index is 208. The van der Waals surface area contributed by atoms with Crippen LogP contribution >= 0.6 is 0 Å². The van der Waals surface area contributed by atoms with Crippen molar-refractivity contribution >= 4 is 6.03 Å². The van der Waals surface area contributed by atoms with E-state index in [0.29, 0.717) is 13.0 Å². The smallest absolute Gasteiger partial charge is 0.317 e. The van der Waals surface area contributed by atoms with Gasteiger partial charge in [-0.25, -0.2) is 13.6 Å². The van der Waals surface area contributed by atoms with Crippen LogP contribution in [0.4, 0.5) is 13.6 Å². The molecule has 2 amide bonds. The number of halogens is 2. The molecule has 76 valence electrons. The Morgan fingerprint density at radius 3 is 2.69 bits per heavy atom. The number of nitrogens with one attached hydrogen (secondary N) is 1. The summed E-state index contributed by atoms with van der Waals surface area (Å²) < 4.78 is 26.2. The third-order valence-electron chi connectivity index (χ3n) is 2.46. The number of likely N-dealkylation sites (tertiary alicyclic amines) is 1. The molecule has 0 aliphatic carbocycles. The molecule has 1 aliphatic heterocycles. The van der Waals surface area contributed by atoms with E-state index in [0.717, 1.165) is 4.90 Å². The van der Waals surface area contributed by atoms with Crippen molar-refractivity contribution in [2.45, 2.75) is 19.3 Å². The zero-order valence-corrected chi connectivity index (χ0v) is 7.81. The highest BCUT2D eigenvalue weighted by atomic mass is 19.3. The van der Waals surface area contributed by atoms with Gasteiger partial charge in [0, 0.05) is 19.5 Å². The van der Waals surface area contributed by atoms with Gasteiger partial charge in [0.25, 0.3) is 5.92 Å². The standard InChI is InChI=1S/C8H14F2N2O/c1-6-3-4-12(7(13)11-2)5-8(6,9)10/h6H,3-5H2,1-2H3,(H,11,13). The summed E-state index contributed by atoms with van der Waals surface area (Å²) in [4.78, 5) is 12.2. The van der Waals surface area contributed by atoms with Gasteiger partial charge in [-0.2, -0.15) is 0 Å². The minimum atomic E-state index is -2.75. The lowest BCUT2D eigenvalue weighted by Crippen LogP contribution is -2.52. The van der Waals surface area contributed by atoms with Crippen LogP contribution in [0.15, 0.2) is 0 Å². The van der Waals surface area contributed by atoms with E-state index in [1.165, 1.54) is 14.0 Å². The van der Waals surface area contributed by atoms with E-state index in [9.17, 15) is 13.6 Å². The van der Waals surface area contributed by atoms with Gasteiger partial charge in [-0.1, -0.05) is 6.92 Å². The summed E-state index contributed by atoms with van der Waals surface area (Å²) in [5.74, 6) is -3.38. The lowest BCUT2D eigenvalue weighted by molar-refractivity contribution is -0.0936. The van der Waals surface area contributed by atoms with Crippen molar-refractivity contribution in [3.05, 3.63) is 0 Å². The van der Waals surface area contributed by atoms with Gasteiger partial charge in [0.2, 0.25) is 0 Å². The van der Waals surface area contributed by atoms with Gasteiger partial charge in [0.15, 0.2) is 0 Å². The molecule has 5 heteroatoms. The molecule has 1 fully saturated rings. The maximum Gasteiger partial charge on any atom is 0.317 e. The fourth-order valence-electron chi connectivity index (χ4n) is 1.38. The van der Waals surface area contributed by atoms with Crippen LogP contribution in [0.3, 0.4) is 0 Å². The average Bonchev–Trinajstić information content (AvgIpc) is 2.08. The minimum absolute atomic E-state index is 0.362. The molecule has 0 aromatic rings. The highest BCUT2D eigenvalue weighted by Gasteiger charge is 2.42. The number of amides is 2. The van der Waals surface area contributed by atoms with Gasteiger partial charge in [0.1, 0.15) is 0 Å². The van der Waals surface area contributed by atoms with Crippen molar-refractivity contribution in [2.24, 2.45) is 5.92 Å². The molecule has 0 aromatic carbocycles. The fourth-order valence-corrected chi connectivity index (χ4v) is 1.38. The number of rotatable bonds is 0. The van der Waals surface area contributed by atoms with Crippen LogP contribution < -0.4 is 5.32 Å². The number of alkyl halides is 2. The maximum atomic E-state index is 13.1. The monoisotopic (exact) mass is 192 g/mol. The molecule has 0 spiro atoms. The van der Waals surface area contributed by atoms with Crippen molar-refractivity contribution in [3.8, 4) is 0 Å². The average molecular weight is 192 g/mol. The Morgan fingerprint density at radius 1 is 1.62 bits per heavy atom. The third-order valence-corrected chi connectivity index (χ3v) is 2.46. The molecule has 0 bridgehead atoms. The molecule has 0 aromatic heterocycles. The van der Waals surface area contributed by atoms with Gasteiger partial charge in [0.05, 0.1) is 6.54 Å². The molecule has 1 unspecified atom stereocenters. The number of nitrogens with zero attached hydrogens (tertiary/aromatic N) is 1. The number of piperidine rings is 1. The van der Waals surface area contributed by atoms with E-state index in [1.54, 1.807) is 0 Å². The molecule has 1 N–H and O–H groups in total. The third kappa shape index (κ3) is 2.08. The lowest BCUT2D eigenvalue weighted by atomic mass is 9.95. The summed E-state index contributed by atoms with van der Waals surface area (Å²) >= 11 is 0. The van der Waals surface area contributed by atoms with E-state index in [-0.39, 0.29) is 0 Å². The van der Waals surface area contributed by atoms with Gasteiger partial charge >= 0.3 is 6.03 Å². The number of carbonyl (C=O) groups is 1. The summed E-state index contributed by atoms with van der Waals surface area (Å²) in [6.07, 6.45) is 0.362. The van der Waals surface area contributed by atoms with Crippen molar-refractivity contribution < 1.29 is 13.6 Å². The predicted molar refractivity (Wildman–Crippen MR) is 44.8 cm³/mol.